The maximum Gasteiger partial charge on any atom is 0.241 e. The molecule has 0 aliphatic carbocycles. The number of hydrogen-bond donors (Lipinski definition) is 1. The van der Waals surface area contributed by atoms with E-state index in [0.717, 1.165) is 43.8 Å². The van der Waals surface area contributed by atoms with Gasteiger partial charge in [0.05, 0.1) is 12.6 Å². The minimum Gasteiger partial charge on any atom is -0.491 e. The van der Waals surface area contributed by atoms with Crippen LogP contribution in [0.5, 0.6) is 5.75 Å². The normalized spacial score (nSPS) is 16.4. The summed E-state index contributed by atoms with van der Waals surface area (Å²) < 4.78 is 5.74. The van der Waals surface area contributed by atoms with Crippen LogP contribution >= 0.6 is 0 Å². The van der Waals surface area contributed by atoms with Crippen molar-refractivity contribution in [2.24, 2.45) is 0 Å². The summed E-state index contributed by atoms with van der Waals surface area (Å²) in [4.78, 5) is 14.0. The van der Waals surface area contributed by atoms with Gasteiger partial charge >= 0.3 is 0 Å². The maximum absolute atomic E-state index is 12.1. The molecule has 1 fully saturated rings. The minimum absolute atomic E-state index is 0.189. The molecule has 1 saturated heterocycles. The summed E-state index contributed by atoms with van der Waals surface area (Å²) in [7, 11) is 0. The molecule has 0 saturated carbocycles. The van der Waals surface area contributed by atoms with Gasteiger partial charge in [0.25, 0.3) is 0 Å². The topological polar surface area (TPSA) is 41.6 Å². The number of likely N-dealkylation sites (tertiary alicyclic amines) is 1. The monoisotopic (exact) mass is 290 g/mol. The predicted octanol–water partition coefficient (Wildman–Crippen LogP) is 3.29. The van der Waals surface area contributed by atoms with Gasteiger partial charge in [0.15, 0.2) is 0 Å². The quantitative estimate of drug-likeness (QED) is 0.874. The summed E-state index contributed by atoms with van der Waals surface area (Å²) in [5, 5.41) is 3.19. The van der Waals surface area contributed by atoms with Gasteiger partial charge in [-0.15, -0.1) is 0 Å². The van der Waals surface area contributed by atoms with Crippen LogP contribution in [0.15, 0.2) is 24.3 Å². The second-order valence-electron chi connectivity index (χ2n) is 5.66. The molecule has 2 rings (SSSR count). The number of anilines is 1. The number of nitrogens with zero attached hydrogens (tertiary/aromatic N) is 1. The average Bonchev–Trinajstić information content (AvgIpc) is 2.54. The van der Waals surface area contributed by atoms with E-state index in [4.69, 9.17) is 4.74 Å². The number of ether oxygens (including phenoxy) is 1. The highest BCUT2D eigenvalue weighted by Gasteiger charge is 2.15. The molecule has 1 aromatic carbocycles. The Balaban J connectivity index is 1.79. The van der Waals surface area contributed by atoms with Crippen molar-refractivity contribution in [1.29, 1.82) is 0 Å². The zero-order valence-corrected chi connectivity index (χ0v) is 13.1. The molecule has 21 heavy (non-hydrogen) atoms. The van der Waals surface area contributed by atoms with Crippen LogP contribution in [0.4, 0.5) is 5.69 Å². The first-order valence-electron chi connectivity index (χ1n) is 7.97. The van der Waals surface area contributed by atoms with Crippen molar-refractivity contribution in [1.82, 2.24) is 4.90 Å². The fraction of sp³-hybridized carbons (Fsp3) is 0.588. The number of piperidine rings is 1. The van der Waals surface area contributed by atoms with Gasteiger partial charge in [-0.05, 0) is 56.9 Å². The van der Waals surface area contributed by atoms with E-state index in [-0.39, 0.29) is 12.0 Å². The fourth-order valence-electron chi connectivity index (χ4n) is 2.40. The molecule has 1 unspecified atom stereocenters. The summed E-state index contributed by atoms with van der Waals surface area (Å²) in [6.45, 7) is 6.34. The Labute approximate surface area is 127 Å². The Morgan fingerprint density at radius 1 is 1.24 bits per heavy atom. The molecular formula is C17H26N2O2. The molecule has 116 valence electrons. The molecule has 1 heterocycles. The van der Waals surface area contributed by atoms with Crippen LogP contribution in [-0.2, 0) is 4.79 Å². The smallest absolute Gasteiger partial charge is 0.241 e. The van der Waals surface area contributed by atoms with E-state index in [1.807, 2.05) is 29.2 Å². The van der Waals surface area contributed by atoms with Gasteiger partial charge in [-0.25, -0.2) is 0 Å². The third-order valence-corrected chi connectivity index (χ3v) is 3.92. The van der Waals surface area contributed by atoms with E-state index in [1.54, 1.807) is 0 Å². The van der Waals surface area contributed by atoms with Gasteiger partial charge in [-0.3, -0.25) is 4.79 Å². The van der Waals surface area contributed by atoms with Crippen molar-refractivity contribution in [3.63, 3.8) is 0 Å². The van der Waals surface area contributed by atoms with E-state index in [2.05, 4.69) is 19.2 Å². The van der Waals surface area contributed by atoms with E-state index in [1.165, 1.54) is 6.42 Å². The fourth-order valence-corrected chi connectivity index (χ4v) is 2.40. The number of nitrogens with one attached hydrogen (secondary N) is 1. The van der Waals surface area contributed by atoms with Crippen LogP contribution in [0.2, 0.25) is 0 Å². The van der Waals surface area contributed by atoms with E-state index >= 15 is 0 Å². The lowest BCUT2D eigenvalue weighted by atomic mass is 10.1. The third kappa shape index (κ3) is 4.96. The number of carbonyl (C=O) groups excluding carboxylic acids is 1. The molecule has 1 atom stereocenters. The van der Waals surface area contributed by atoms with Crippen LogP contribution in [0.25, 0.3) is 0 Å². The summed E-state index contributed by atoms with van der Waals surface area (Å²) >= 11 is 0. The molecule has 1 amide bonds. The zero-order chi connectivity index (χ0) is 15.1. The molecule has 1 aromatic rings. The molecular weight excluding hydrogens is 264 g/mol. The molecule has 1 N–H and O–H groups in total. The second kappa shape index (κ2) is 7.91. The van der Waals surface area contributed by atoms with Gasteiger partial charge < -0.3 is 15.0 Å². The molecule has 1 aliphatic rings. The van der Waals surface area contributed by atoms with Crippen molar-refractivity contribution in [3.8, 4) is 5.75 Å². The molecule has 4 heteroatoms. The van der Waals surface area contributed by atoms with Gasteiger partial charge in [0, 0.05) is 18.8 Å². The minimum atomic E-state index is 0.189. The van der Waals surface area contributed by atoms with Crippen LogP contribution in [-0.4, -0.2) is 36.5 Å². The van der Waals surface area contributed by atoms with Crippen molar-refractivity contribution >= 4 is 11.6 Å². The Morgan fingerprint density at radius 3 is 2.52 bits per heavy atom. The Morgan fingerprint density at radius 2 is 1.90 bits per heavy atom. The van der Waals surface area contributed by atoms with E-state index in [9.17, 15) is 4.79 Å². The predicted molar refractivity (Wildman–Crippen MR) is 85.7 cm³/mol. The average molecular weight is 290 g/mol. The Kier molecular flexibility index (Phi) is 5.90. The van der Waals surface area contributed by atoms with Crippen LogP contribution < -0.4 is 10.1 Å². The summed E-state index contributed by atoms with van der Waals surface area (Å²) in [6.07, 6.45) is 4.73. The highest BCUT2D eigenvalue weighted by Crippen LogP contribution is 2.17. The first-order chi connectivity index (χ1) is 10.2. The van der Waals surface area contributed by atoms with Gasteiger partial charge in [0.1, 0.15) is 5.75 Å². The van der Waals surface area contributed by atoms with Crippen LogP contribution in [0.1, 0.15) is 39.5 Å². The Bertz CT molecular complexity index is 439. The molecule has 0 aromatic heterocycles. The van der Waals surface area contributed by atoms with Gasteiger partial charge in [-0.1, -0.05) is 6.92 Å². The number of benzene rings is 1. The van der Waals surface area contributed by atoms with Crippen LogP contribution in [0.3, 0.4) is 0 Å². The lowest BCUT2D eigenvalue weighted by Crippen LogP contribution is -2.39. The lowest BCUT2D eigenvalue weighted by molar-refractivity contribution is -0.130. The largest absolute Gasteiger partial charge is 0.491 e. The third-order valence-electron chi connectivity index (χ3n) is 3.92. The van der Waals surface area contributed by atoms with E-state index < -0.39 is 0 Å². The Hall–Kier alpha value is -1.71. The molecule has 4 nitrogen and oxygen atoms in total. The van der Waals surface area contributed by atoms with Crippen molar-refractivity contribution in [2.45, 2.75) is 45.6 Å². The second-order valence-corrected chi connectivity index (χ2v) is 5.66. The number of amides is 1. The van der Waals surface area contributed by atoms with Crippen molar-refractivity contribution in [3.05, 3.63) is 24.3 Å². The number of rotatable bonds is 6. The summed E-state index contributed by atoms with van der Waals surface area (Å²) in [6, 6.07) is 7.81. The SMILES string of the molecule is CCC(C)Oc1ccc(NCC(=O)N2CCCCC2)cc1. The van der Waals surface area contributed by atoms with E-state index in [0.29, 0.717) is 6.54 Å². The van der Waals surface area contributed by atoms with Crippen molar-refractivity contribution in [2.75, 3.05) is 25.0 Å². The standard InChI is InChI=1S/C17H26N2O2/c1-3-14(2)21-16-9-7-15(8-10-16)18-13-17(20)19-11-5-4-6-12-19/h7-10,14,18H,3-6,11-13H2,1-2H3. The lowest BCUT2D eigenvalue weighted by Gasteiger charge is -2.26. The van der Waals surface area contributed by atoms with Crippen LogP contribution in [0, 0.1) is 0 Å². The summed E-state index contributed by atoms with van der Waals surface area (Å²) in [5.41, 5.74) is 0.955. The molecule has 0 spiro atoms. The first-order valence-corrected chi connectivity index (χ1v) is 7.97. The molecule has 0 bridgehead atoms. The highest BCUT2D eigenvalue weighted by molar-refractivity contribution is 5.80. The maximum atomic E-state index is 12.1. The van der Waals surface area contributed by atoms with Gasteiger partial charge in [-0.2, -0.15) is 0 Å². The summed E-state index contributed by atoms with van der Waals surface area (Å²) in [5.74, 6) is 1.06. The van der Waals surface area contributed by atoms with Crippen molar-refractivity contribution < 1.29 is 9.53 Å². The highest BCUT2D eigenvalue weighted by atomic mass is 16.5. The number of carbonyl (C=O) groups is 1. The van der Waals surface area contributed by atoms with Gasteiger partial charge in [0.2, 0.25) is 5.91 Å². The zero-order valence-electron chi connectivity index (χ0n) is 13.1. The molecule has 0 radical (unpaired) electrons. The first kappa shape index (κ1) is 15.7. The number of hydrogen-bond acceptors (Lipinski definition) is 3. The molecule has 1 aliphatic heterocycles.